The van der Waals surface area contributed by atoms with Crippen molar-refractivity contribution in [2.24, 2.45) is 0 Å². The van der Waals surface area contributed by atoms with Gasteiger partial charge in [0.1, 0.15) is 5.75 Å². The molecular formula is C21H20Cl2N2O3S2. The number of ether oxygens (including phenoxy) is 1. The van der Waals surface area contributed by atoms with E-state index in [1.54, 1.807) is 18.4 Å². The molecule has 2 heterocycles. The van der Waals surface area contributed by atoms with Gasteiger partial charge in [0.2, 0.25) is 0 Å². The predicted octanol–water partition coefficient (Wildman–Crippen LogP) is 5.57. The number of halogens is 2. The molecule has 0 saturated carbocycles. The van der Waals surface area contributed by atoms with E-state index in [-0.39, 0.29) is 4.90 Å². The van der Waals surface area contributed by atoms with E-state index in [0.717, 1.165) is 22.1 Å². The van der Waals surface area contributed by atoms with Crippen molar-refractivity contribution in [3.05, 3.63) is 57.9 Å². The molecule has 158 valence electrons. The standard InChI is InChI=1S/C21H20Cl2N2O3S2/c1-28-20-5-3-2-4-18(20)19-13-29-21(24-19)25-8-6-16(7-9-25)30(26,27)17-11-14(22)10-15(23)12-17/h2-5,10-13,16H,6-9H2,1H3. The van der Waals surface area contributed by atoms with Crippen molar-refractivity contribution in [1.29, 1.82) is 0 Å². The van der Waals surface area contributed by atoms with Gasteiger partial charge in [-0.3, -0.25) is 0 Å². The highest BCUT2D eigenvalue weighted by Gasteiger charge is 2.32. The van der Waals surface area contributed by atoms with Crippen molar-refractivity contribution in [3.63, 3.8) is 0 Å². The first-order valence-corrected chi connectivity index (χ1v) is 12.6. The van der Waals surface area contributed by atoms with Gasteiger partial charge in [0.05, 0.1) is 22.9 Å². The molecule has 1 aliphatic heterocycles. The molecule has 0 radical (unpaired) electrons. The Kier molecular flexibility index (Phi) is 6.25. The fourth-order valence-corrected chi connectivity index (χ4v) is 6.97. The molecule has 0 N–H and O–H groups in total. The molecule has 0 atom stereocenters. The summed E-state index contributed by atoms with van der Waals surface area (Å²) in [6, 6.07) is 12.2. The summed E-state index contributed by atoms with van der Waals surface area (Å²) in [6.45, 7) is 1.24. The lowest BCUT2D eigenvalue weighted by Gasteiger charge is -2.31. The highest BCUT2D eigenvalue weighted by molar-refractivity contribution is 7.92. The van der Waals surface area contributed by atoms with Gasteiger partial charge in [-0.25, -0.2) is 13.4 Å². The van der Waals surface area contributed by atoms with Crippen LogP contribution in [0.1, 0.15) is 12.8 Å². The second-order valence-corrected chi connectivity index (χ2v) is 11.0. The van der Waals surface area contributed by atoms with E-state index in [1.807, 2.05) is 29.6 Å². The summed E-state index contributed by atoms with van der Waals surface area (Å²) in [5, 5.41) is 3.08. The average Bonchev–Trinajstić information content (AvgIpc) is 3.23. The zero-order chi connectivity index (χ0) is 21.3. The van der Waals surface area contributed by atoms with Crippen molar-refractivity contribution in [2.45, 2.75) is 23.0 Å². The zero-order valence-corrected chi connectivity index (χ0v) is 19.4. The third kappa shape index (κ3) is 4.30. The maximum Gasteiger partial charge on any atom is 0.185 e. The number of piperidine rings is 1. The first-order valence-electron chi connectivity index (χ1n) is 9.42. The number of methoxy groups -OCH3 is 1. The van der Waals surface area contributed by atoms with Crippen LogP contribution in [-0.4, -0.2) is 38.9 Å². The molecule has 2 aromatic carbocycles. The molecule has 9 heteroatoms. The molecule has 0 bridgehead atoms. The van der Waals surface area contributed by atoms with Gasteiger partial charge in [0.15, 0.2) is 15.0 Å². The Bertz CT molecular complexity index is 1140. The highest BCUT2D eigenvalue weighted by atomic mass is 35.5. The Hall–Kier alpha value is -1.80. The van der Waals surface area contributed by atoms with E-state index in [0.29, 0.717) is 36.0 Å². The molecule has 0 spiro atoms. The lowest BCUT2D eigenvalue weighted by atomic mass is 10.1. The van der Waals surface area contributed by atoms with Gasteiger partial charge < -0.3 is 9.64 Å². The van der Waals surface area contributed by atoms with Gasteiger partial charge in [-0.05, 0) is 43.2 Å². The minimum atomic E-state index is -3.49. The maximum absolute atomic E-state index is 13.0. The number of para-hydroxylation sites is 1. The van der Waals surface area contributed by atoms with Gasteiger partial charge in [-0.2, -0.15) is 0 Å². The van der Waals surface area contributed by atoms with Crippen molar-refractivity contribution in [3.8, 4) is 17.0 Å². The number of aromatic nitrogens is 1. The predicted molar refractivity (Wildman–Crippen MR) is 123 cm³/mol. The van der Waals surface area contributed by atoms with E-state index in [1.165, 1.54) is 18.2 Å². The summed E-state index contributed by atoms with van der Waals surface area (Å²) in [7, 11) is -1.85. The molecular weight excluding hydrogens is 463 g/mol. The molecule has 4 rings (SSSR count). The molecule has 0 amide bonds. The average molecular weight is 483 g/mol. The van der Waals surface area contributed by atoms with E-state index >= 15 is 0 Å². The molecule has 5 nitrogen and oxygen atoms in total. The fraction of sp³-hybridized carbons (Fsp3) is 0.286. The third-order valence-corrected chi connectivity index (χ3v) is 8.77. The van der Waals surface area contributed by atoms with Crippen LogP contribution in [0.5, 0.6) is 5.75 Å². The second-order valence-electron chi connectivity index (χ2n) is 7.05. The first kappa shape index (κ1) is 21.4. The minimum Gasteiger partial charge on any atom is -0.496 e. The van der Waals surface area contributed by atoms with Crippen LogP contribution >= 0.6 is 34.5 Å². The molecule has 0 unspecified atom stereocenters. The normalized spacial score (nSPS) is 15.4. The van der Waals surface area contributed by atoms with Crippen molar-refractivity contribution < 1.29 is 13.2 Å². The van der Waals surface area contributed by atoms with Crippen LogP contribution in [0.3, 0.4) is 0 Å². The van der Waals surface area contributed by atoms with E-state index < -0.39 is 15.1 Å². The van der Waals surface area contributed by atoms with E-state index in [2.05, 4.69) is 4.90 Å². The molecule has 1 saturated heterocycles. The number of nitrogens with zero attached hydrogens (tertiary/aromatic N) is 2. The smallest absolute Gasteiger partial charge is 0.185 e. The Balaban J connectivity index is 1.48. The summed E-state index contributed by atoms with van der Waals surface area (Å²) in [5.41, 5.74) is 1.80. The molecule has 3 aromatic rings. The van der Waals surface area contributed by atoms with Crippen LogP contribution in [0, 0.1) is 0 Å². The highest BCUT2D eigenvalue weighted by Crippen LogP contribution is 2.35. The number of hydrogen-bond donors (Lipinski definition) is 0. The summed E-state index contributed by atoms with van der Waals surface area (Å²) < 4.78 is 31.5. The number of anilines is 1. The van der Waals surface area contributed by atoms with Gasteiger partial charge in [-0.15, -0.1) is 11.3 Å². The fourth-order valence-electron chi connectivity index (χ4n) is 3.63. The van der Waals surface area contributed by atoms with Gasteiger partial charge >= 0.3 is 0 Å². The van der Waals surface area contributed by atoms with Crippen molar-refractivity contribution in [1.82, 2.24) is 4.98 Å². The molecule has 0 aliphatic carbocycles. The van der Waals surface area contributed by atoms with Crippen molar-refractivity contribution >= 4 is 49.5 Å². The number of rotatable bonds is 5. The summed E-state index contributed by atoms with van der Waals surface area (Å²) >= 11 is 13.6. The quantitative estimate of drug-likeness (QED) is 0.475. The minimum absolute atomic E-state index is 0.186. The monoisotopic (exact) mass is 482 g/mol. The van der Waals surface area contributed by atoms with Gasteiger partial charge in [0, 0.05) is 34.1 Å². The zero-order valence-electron chi connectivity index (χ0n) is 16.2. The largest absolute Gasteiger partial charge is 0.496 e. The number of thiazole rings is 1. The Morgan fingerprint density at radius 1 is 1.10 bits per heavy atom. The van der Waals surface area contributed by atoms with E-state index in [9.17, 15) is 8.42 Å². The number of sulfone groups is 1. The van der Waals surface area contributed by atoms with Crippen LogP contribution in [0.15, 0.2) is 52.7 Å². The van der Waals surface area contributed by atoms with Crippen LogP contribution in [0.2, 0.25) is 10.0 Å². The molecule has 30 heavy (non-hydrogen) atoms. The van der Waals surface area contributed by atoms with Crippen LogP contribution in [0.4, 0.5) is 5.13 Å². The van der Waals surface area contributed by atoms with E-state index in [4.69, 9.17) is 32.9 Å². The Morgan fingerprint density at radius 3 is 2.43 bits per heavy atom. The Labute approximate surface area is 190 Å². The van der Waals surface area contributed by atoms with Gasteiger partial charge in [0.25, 0.3) is 0 Å². The molecule has 1 aliphatic rings. The van der Waals surface area contributed by atoms with Crippen LogP contribution < -0.4 is 9.64 Å². The lowest BCUT2D eigenvalue weighted by Crippen LogP contribution is -2.39. The number of hydrogen-bond acceptors (Lipinski definition) is 6. The Morgan fingerprint density at radius 2 is 1.77 bits per heavy atom. The first-order chi connectivity index (χ1) is 14.4. The van der Waals surface area contributed by atoms with Gasteiger partial charge in [-0.1, -0.05) is 35.3 Å². The summed E-state index contributed by atoms with van der Waals surface area (Å²) in [4.78, 5) is 7.09. The summed E-state index contributed by atoms with van der Waals surface area (Å²) in [6.07, 6.45) is 1.05. The van der Waals surface area contributed by atoms with Crippen LogP contribution in [0.25, 0.3) is 11.3 Å². The lowest BCUT2D eigenvalue weighted by molar-refractivity contribution is 0.416. The maximum atomic E-state index is 13.0. The third-order valence-electron chi connectivity index (χ3n) is 5.19. The SMILES string of the molecule is COc1ccccc1-c1csc(N2CCC(S(=O)(=O)c3cc(Cl)cc(Cl)c3)CC2)n1. The van der Waals surface area contributed by atoms with Crippen LogP contribution in [-0.2, 0) is 9.84 Å². The topological polar surface area (TPSA) is 59.5 Å². The number of benzene rings is 2. The second kappa shape index (κ2) is 8.75. The molecule has 1 aromatic heterocycles. The summed E-state index contributed by atoms with van der Waals surface area (Å²) in [5.74, 6) is 0.777. The van der Waals surface area contributed by atoms with Crippen molar-refractivity contribution in [2.75, 3.05) is 25.1 Å². The molecule has 1 fully saturated rings.